The Morgan fingerprint density at radius 2 is 2.29 bits per heavy atom. The van der Waals surface area contributed by atoms with Gasteiger partial charge in [-0.05, 0) is 6.92 Å². The number of halogens is 1. The Kier molecular flexibility index (Phi) is 3.69. The number of hydrogen-bond donors (Lipinski definition) is 0. The third-order valence-corrected chi connectivity index (χ3v) is 1.70. The van der Waals surface area contributed by atoms with Crippen LogP contribution in [0, 0.1) is 13.1 Å². The average Bonchev–Trinajstić information content (AvgIpc) is 2.52. The first-order valence-electron chi connectivity index (χ1n) is 3.67. The molecule has 0 aliphatic rings. The van der Waals surface area contributed by atoms with E-state index in [2.05, 4.69) is 21.1 Å². The van der Waals surface area contributed by atoms with Crippen molar-refractivity contribution < 1.29 is 18.6 Å². The van der Waals surface area contributed by atoms with E-state index in [0.717, 1.165) is 5.69 Å². The summed E-state index contributed by atoms with van der Waals surface area (Å²) in [5.41, 5.74) is 0.926. The molecule has 0 spiro atoms. The van der Waals surface area contributed by atoms with Gasteiger partial charge < -0.3 is 14.5 Å². The molecule has 0 amide bonds. The van der Waals surface area contributed by atoms with Gasteiger partial charge in [-0.15, -0.1) is 17.7 Å². The van der Waals surface area contributed by atoms with E-state index >= 15 is 0 Å². The van der Waals surface area contributed by atoms with Crippen molar-refractivity contribution in [2.24, 2.45) is 0 Å². The summed E-state index contributed by atoms with van der Waals surface area (Å²) in [6, 6.07) is 1.65. The number of imidazole rings is 1. The molecule has 71 valence electrons. The van der Waals surface area contributed by atoms with E-state index in [9.17, 15) is 0 Å². The first-order chi connectivity index (χ1) is 6.25. The SMILES string of the molecule is Cc1cn(-c2c[c-]nc(Cl)n2)cn1.[V]. The molecule has 0 saturated carbocycles. The molecule has 6 heteroatoms. The van der Waals surface area contributed by atoms with Crippen LogP contribution in [0.15, 0.2) is 18.6 Å². The molecule has 0 aliphatic carbocycles. The molecule has 0 aliphatic heterocycles. The second-order valence-corrected chi connectivity index (χ2v) is 2.88. The number of rotatable bonds is 1. The fourth-order valence-corrected chi connectivity index (χ4v) is 1.11. The molecule has 0 fully saturated rings. The van der Waals surface area contributed by atoms with Crippen LogP contribution in [-0.4, -0.2) is 19.5 Å². The molecule has 0 atom stereocenters. The molecule has 2 heterocycles. The second kappa shape index (κ2) is 4.60. The zero-order chi connectivity index (χ0) is 9.26. The van der Waals surface area contributed by atoms with Crippen LogP contribution >= 0.6 is 11.6 Å². The van der Waals surface area contributed by atoms with Crippen molar-refractivity contribution in [3.8, 4) is 5.82 Å². The summed E-state index contributed by atoms with van der Waals surface area (Å²) in [5.74, 6) is 0.667. The van der Waals surface area contributed by atoms with Crippen molar-refractivity contribution in [3.63, 3.8) is 0 Å². The summed E-state index contributed by atoms with van der Waals surface area (Å²) in [7, 11) is 0. The molecule has 0 unspecified atom stereocenters. The summed E-state index contributed by atoms with van der Waals surface area (Å²) >= 11 is 5.61. The van der Waals surface area contributed by atoms with Crippen LogP contribution in [0.1, 0.15) is 5.69 Å². The quantitative estimate of drug-likeness (QED) is 0.563. The summed E-state index contributed by atoms with van der Waals surface area (Å²) in [6.07, 6.45) is 6.17. The number of nitrogens with zero attached hydrogens (tertiary/aromatic N) is 4. The minimum Gasteiger partial charge on any atom is -0.359 e. The number of hydrogen-bond acceptors (Lipinski definition) is 3. The largest absolute Gasteiger partial charge is 0.359 e. The van der Waals surface area contributed by atoms with Crippen molar-refractivity contribution in [2.45, 2.75) is 6.92 Å². The molecule has 2 aromatic rings. The maximum Gasteiger partial charge on any atom is 0.107 e. The van der Waals surface area contributed by atoms with Gasteiger partial charge in [-0.3, -0.25) is 0 Å². The molecular weight excluding hydrogens is 239 g/mol. The van der Waals surface area contributed by atoms with Crippen molar-refractivity contribution in [1.82, 2.24) is 19.5 Å². The van der Waals surface area contributed by atoms with Crippen molar-refractivity contribution >= 4 is 11.6 Å². The predicted octanol–water partition coefficient (Wildman–Crippen LogP) is 1.42. The summed E-state index contributed by atoms with van der Waals surface area (Å²) in [4.78, 5) is 11.7. The van der Waals surface area contributed by atoms with Crippen LogP contribution in [0.3, 0.4) is 0 Å². The van der Waals surface area contributed by atoms with Crippen LogP contribution in [-0.2, 0) is 18.6 Å². The van der Waals surface area contributed by atoms with E-state index in [1.807, 2.05) is 13.1 Å². The molecule has 0 saturated heterocycles. The van der Waals surface area contributed by atoms with Gasteiger partial charge in [-0.25, -0.2) is 4.98 Å². The van der Waals surface area contributed by atoms with Crippen molar-refractivity contribution in [2.75, 3.05) is 0 Å². The summed E-state index contributed by atoms with van der Waals surface area (Å²) in [6.45, 7) is 1.91. The fourth-order valence-electron chi connectivity index (χ4n) is 0.974. The smallest absolute Gasteiger partial charge is 0.107 e. The maximum absolute atomic E-state index is 5.61. The Labute approximate surface area is 98.2 Å². The van der Waals surface area contributed by atoms with Gasteiger partial charge in [-0.2, -0.15) is 0 Å². The van der Waals surface area contributed by atoms with E-state index in [0.29, 0.717) is 5.82 Å². The van der Waals surface area contributed by atoms with Crippen LogP contribution in [0.2, 0.25) is 5.28 Å². The van der Waals surface area contributed by atoms with Crippen molar-refractivity contribution in [3.05, 3.63) is 35.8 Å². The Hall–Kier alpha value is -0.836. The first kappa shape index (κ1) is 11.2. The number of aryl methyl sites for hydroxylation is 1. The minimum atomic E-state index is 0. The zero-order valence-corrected chi connectivity index (χ0v) is 9.50. The molecule has 0 aromatic carbocycles. The molecule has 2 rings (SSSR count). The van der Waals surface area contributed by atoms with Gasteiger partial charge in [0.15, 0.2) is 0 Å². The molecule has 1 radical (unpaired) electrons. The predicted molar refractivity (Wildman–Crippen MR) is 47.7 cm³/mol. The van der Waals surface area contributed by atoms with Gasteiger partial charge in [0.25, 0.3) is 0 Å². The van der Waals surface area contributed by atoms with Crippen LogP contribution in [0.4, 0.5) is 0 Å². The van der Waals surface area contributed by atoms with Gasteiger partial charge in [0.2, 0.25) is 0 Å². The van der Waals surface area contributed by atoms with Gasteiger partial charge in [-0.1, -0.05) is 6.20 Å². The first-order valence-corrected chi connectivity index (χ1v) is 4.05. The monoisotopic (exact) mass is 244 g/mol. The van der Waals surface area contributed by atoms with Crippen LogP contribution < -0.4 is 0 Å². The molecule has 0 N–H and O–H groups in total. The topological polar surface area (TPSA) is 43.6 Å². The van der Waals surface area contributed by atoms with Gasteiger partial charge in [0.05, 0.1) is 12.0 Å². The van der Waals surface area contributed by atoms with Crippen LogP contribution in [0.25, 0.3) is 5.82 Å². The Morgan fingerprint density at radius 3 is 2.86 bits per heavy atom. The third kappa shape index (κ3) is 2.35. The van der Waals surface area contributed by atoms with E-state index in [4.69, 9.17) is 11.6 Å². The third-order valence-electron chi connectivity index (χ3n) is 1.53. The zero-order valence-electron chi connectivity index (χ0n) is 7.35. The molecule has 0 bridgehead atoms. The van der Waals surface area contributed by atoms with E-state index < -0.39 is 0 Å². The Bertz CT molecular complexity index is 429. The second-order valence-electron chi connectivity index (χ2n) is 2.55. The van der Waals surface area contributed by atoms with E-state index in [1.54, 1.807) is 17.0 Å². The summed E-state index contributed by atoms with van der Waals surface area (Å²) < 4.78 is 1.76. The molecule has 14 heavy (non-hydrogen) atoms. The van der Waals surface area contributed by atoms with Gasteiger partial charge in [0.1, 0.15) is 5.28 Å². The van der Waals surface area contributed by atoms with Crippen LogP contribution in [0.5, 0.6) is 0 Å². The van der Waals surface area contributed by atoms with Crippen molar-refractivity contribution in [1.29, 1.82) is 0 Å². The van der Waals surface area contributed by atoms with E-state index in [-0.39, 0.29) is 23.8 Å². The average molecular weight is 245 g/mol. The van der Waals surface area contributed by atoms with E-state index in [1.165, 1.54) is 0 Å². The normalized spacial score (nSPS) is 9.57. The number of aromatic nitrogens is 4. The maximum atomic E-state index is 5.61. The molecular formula is C8H6ClN4V-. The van der Waals surface area contributed by atoms with Gasteiger partial charge in [0, 0.05) is 30.6 Å². The Balaban J connectivity index is 0.000000980. The van der Waals surface area contributed by atoms with Gasteiger partial charge >= 0.3 is 0 Å². The summed E-state index contributed by atoms with van der Waals surface area (Å²) in [5, 5.41) is 0.184. The Morgan fingerprint density at radius 1 is 1.50 bits per heavy atom. The fraction of sp³-hybridized carbons (Fsp3) is 0.125. The molecule has 2 aromatic heterocycles. The standard InChI is InChI=1S/C8H6ClN4.V/c1-6-4-13(5-11-6)7-2-3-10-8(9)12-7;/h2,4-5H,1H3;/q-1;. The molecule has 4 nitrogen and oxygen atoms in total. The minimum absolute atomic E-state index is 0.